The first-order valence-corrected chi connectivity index (χ1v) is 8.67. The number of halogens is 3. The molecule has 0 aliphatic heterocycles. The summed E-state index contributed by atoms with van der Waals surface area (Å²) < 4.78 is 43.5. The van der Waals surface area contributed by atoms with Crippen LogP contribution in [0.25, 0.3) is 5.69 Å². The SMILES string of the molecule is O=C(NCc1cccc(OCC(F)(F)F)c1)c1c[nH]c(=S)n1-c1ccccc1. The van der Waals surface area contributed by atoms with Crippen LogP contribution in [-0.2, 0) is 6.54 Å². The number of benzene rings is 2. The van der Waals surface area contributed by atoms with Crippen molar-refractivity contribution in [1.29, 1.82) is 0 Å². The number of aromatic amines is 1. The zero-order valence-corrected chi connectivity index (χ0v) is 15.3. The van der Waals surface area contributed by atoms with Crippen LogP contribution in [0.3, 0.4) is 0 Å². The molecule has 28 heavy (non-hydrogen) atoms. The number of carbonyl (C=O) groups excluding carboxylic acids is 1. The summed E-state index contributed by atoms with van der Waals surface area (Å²) in [6.07, 6.45) is -2.90. The van der Waals surface area contributed by atoms with Crippen molar-refractivity contribution >= 4 is 18.1 Å². The van der Waals surface area contributed by atoms with Crippen LogP contribution in [0.1, 0.15) is 16.1 Å². The van der Waals surface area contributed by atoms with E-state index in [4.69, 9.17) is 17.0 Å². The van der Waals surface area contributed by atoms with E-state index in [-0.39, 0.29) is 18.2 Å². The summed E-state index contributed by atoms with van der Waals surface area (Å²) in [6, 6.07) is 15.3. The van der Waals surface area contributed by atoms with Crippen LogP contribution in [0.15, 0.2) is 60.8 Å². The van der Waals surface area contributed by atoms with Gasteiger partial charge in [0.2, 0.25) is 0 Å². The number of rotatable bonds is 6. The van der Waals surface area contributed by atoms with E-state index in [0.29, 0.717) is 16.0 Å². The van der Waals surface area contributed by atoms with Crippen molar-refractivity contribution in [3.63, 3.8) is 0 Å². The largest absolute Gasteiger partial charge is 0.484 e. The Morgan fingerprint density at radius 2 is 1.89 bits per heavy atom. The summed E-state index contributed by atoms with van der Waals surface area (Å²) >= 11 is 5.25. The topological polar surface area (TPSA) is 59.0 Å². The van der Waals surface area contributed by atoms with Crippen molar-refractivity contribution in [2.45, 2.75) is 12.7 Å². The van der Waals surface area contributed by atoms with Crippen LogP contribution in [0.2, 0.25) is 0 Å². The molecule has 2 N–H and O–H groups in total. The first kappa shape index (κ1) is 19.7. The van der Waals surface area contributed by atoms with E-state index in [1.54, 1.807) is 16.7 Å². The summed E-state index contributed by atoms with van der Waals surface area (Å²) in [6.45, 7) is -1.25. The molecule has 1 amide bonds. The summed E-state index contributed by atoms with van der Waals surface area (Å²) in [5, 5.41) is 2.73. The zero-order valence-electron chi connectivity index (χ0n) is 14.5. The maximum Gasteiger partial charge on any atom is 0.422 e. The minimum atomic E-state index is -4.41. The van der Waals surface area contributed by atoms with Crippen molar-refractivity contribution < 1.29 is 22.7 Å². The molecule has 3 aromatic rings. The Kier molecular flexibility index (Phi) is 5.84. The minimum Gasteiger partial charge on any atom is -0.484 e. The van der Waals surface area contributed by atoms with Gasteiger partial charge in [0.1, 0.15) is 11.4 Å². The quantitative estimate of drug-likeness (QED) is 0.596. The maximum atomic E-state index is 12.6. The van der Waals surface area contributed by atoms with Crippen LogP contribution < -0.4 is 10.1 Å². The Hall–Kier alpha value is -3.07. The smallest absolute Gasteiger partial charge is 0.422 e. The predicted octanol–water partition coefficient (Wildman–Crippen LogP) is 4.41. The van der Waals surface area contributed by atoms with E-state index in [9.17, 15) is 18.0 Å². The fraction of sp³-hybridized carbons (Fsp3) is 0.158. The first-order valence-electron chi connectivity index (χ1n) is 8.26. The molecule has 3 rings (SSSR count). The van der Waals surface area contributed by atoms with Gasteiger partial charge in [-0.15, -0.1) is 0 Å². The van der Waals surface area contributed by atoms with Gasteiger partial charge in [-0.25, -0.2) is 0 Å². The number of nitrogens with zero attached hydrogens (tertiary/aromatic N) is 1. The molecular formula is C19H16F3N3O2S. The van der Waals surface area contributed by atoms with Gasteiger partial charge < -0.3 is 15.0 Å². The molecule has 0 saturated carbocycles. The van der Waals surface area contributed by atoms with Crippen molar-refractivity contribution in [2.75, 3.05) is 6.61 Å². The summed E-state index contributed by atoms with van der Waals surface area (Å²) in [4.78, 5) is 15.4. The Morgan fingerprint density at radius 3 is 2.61 bits per heavy atom. The van der Waals surface area contributed by atoms with Crippen LogP contribution in [0.5, 0.6) is 5.75 Å². The Morgan fingerprint density at radius 1 is 1.14 bits per heavy atom. The molecule has 0 aliphatic rings. The molecule has 5 nitrogen and oxygen atoms in total. The van der Waals surface area contributed by atoms with Crippen LogP contribution in [0.4, 0.5) is 13.2 Å². The summed E-state index contributed by atoms with van der Waals surface area (Å²) in [7, 11) is 0. The third-order valence-electron chi connectivity index (χ3n) is 3.78. The second-order valence-corrected chi connectivity index (χ2v) is 6.27. The van der Waals surface area contributed by atoms with E-state index in [0.717, 1.165) is 5.69 Å². The van der Waals surface area contributed by atoms with Crippen LogP contribution in [-0.4, -0.2) is 28.2 Å². The molecule has 0 fully saturated rings. The van der Waals surface area contributed by atoms with Gasteiger partial charge in [-0.1, -0.05) is 30.3 Å². The summed E-state index contributed by atoms with van der Waals surface area (Å²) in [5.41, 5.74) is 1.66. The van der Waals surface area contributed by atoms with Gasteiger partial charge in [-0.3, -0.25) is 9.36 Å². The fourth-order valence-electron chi connectivity index (χ4n) is 2.55. The minimum absolute atomic E-state index is 0.0814. The number of hydrogen-bond acceptors (Lipinski definition) is 3. The van der Waals surface area contributed by atoms with E-state index in [2.05, 4.69) is 10.3 Å². The Bertz CT molecular complexity index is 1010. The van der Waals surface area contributed by atoms with Crippen molar-refractivity contribution in [2.24, 2.45) is 0 Å². The monoisotopic (exact) mass is 407 g/mol. The second-order valence-electron chi connectivity index (χ2n) is 5.88. The average molecular weight is 407 g/mol. The molecule has 0 atom stereocenters. The lowest BCUT2D eigenvalue weighted by atomic mass is 10.2. The first-order chi connectivity index (χ1) is 13.3. The number of alkyl halides is 3. The average Bonchev–Trinajstić information content (AvgIpc) is 3.06. The number of hydrogen-bond donors (Lipinski definition) is 2. The third-order valence-corrected chi connectivity index (χ3v) is 4.08. The fourth-order valence-corrected chi connectivity index (χ4v) is 2.82. The molecule has 0 spiro atoms. The Balaban J connectivity index is 1.70. The lowest BCUT2D eigenvalue weighted by Crippen LogP contribution is -2.25. The Labute approximate surface area is 163 Å². The van der Waals surface area contributed by atoms with Gasteiger partial charge in [0.25, 0.3) is 5.91 Å². The molecule has 0 radical (unpaired) electrons. The summed E-state index contributed by atoms with van der Waals surface area (Å²) in [5.74, 6) is -0.296. The molecule has 2 aromatic carbocycles. The number of para-hydroxylation sites is 1. The molecule has 0 aliphatic carbocycles. The highest BCUT2D eigenvalue weighted by atomic mass is 32.1. The van der Waals surface area contributed by atoms with Gasteiger partial charge in [0.05, 0.1) is 0 Å². The number of imidazole rings is 1. The lowest BCUT2D eigenvalue weighted by Gasteiger charge is -2.11. The molecule has 1 heterocycles. The van der Waals surface area contributed by atoms with Gasteiger partial charge in [-0.05, 0) is 42.0 Å². The predicted molar refractivity (Wildman–Crippen MR) is 100 cm³/mol. The lowest BCUT2D eigenvalue weighted by molar-refractivity contribution is -0.153. The number of carbonyl (C=O) groups is 1. The maximum absolute atomic E-state index is 12.6. The van der Waals surface area contributed by atoms with Gasteiger partial charge >= 0.3 is 6.18 Å². The molecule has 0 bridgehead atoms. The normalized spacial score (nSPS) is 11.2. The number of amides is 1. The zero-order chi connectivity index (χ0) is 20.1. The van der Waals surface area contributed by atoms with Crippen molar-refractivity contribution in [1.82, 2.24) is 14.9 Å². The molecule has 9 heteroatoms. The van der Waals surface area contributed by atoms with Gasteiger partial charge in [-0.2, -0.15) is 13.2 Å². The molecular weight excluding hydrogens is 391 g/mol. The van der Waals surface area contributed by atoms with Crippen molar-refractivity contribution in [3.05, 3.63) is 76.8 Å². The molecule has 1 aromatic heterocycles. The molecule has 0 unspecified atom stereocenters. The van der Waals surface area contributed by atoms with E-state index < -0.39 is 12.8 Å². The third kappa shape index (κ3) is 5.01. The number of nitrogens with one attached hydrogen (secondary N) is 2. The van der Waals surface area contributed by atoms with Crippen molar-refractivity contribution in [3.8, 4) is 11.4 Å². The molecule has 146 valence electrons. The molecule has 0 saturated heterocycles. The number of H-pyrrole nitrogens is 1. The van der Waals surface area contributed by atoms with Gasteiger partial charge in [0.15, 0.2) is 11.4 Å². The van der Waals surface area contributed by atoms with E-state index in [1.165, 1.54) is 18.3 Å². The number of aromatic nitrogens is 2. The van der Waals surface area contributed by atoms with Crippen LogP contribution >= 0.6 is 12.2 Å². The van der Waals surface area contributed by atoms with Gasteiger partial charge in [0, 0.05) is 18.4 Å². The highest BCUT2D eigenvalue weighted by molar-refractivity contribution is 7.71. The standard InChI is InChI=1S/C19H16F3N3O2S/c20-19(21,22)12-27-15-8-4-5-13(9-15)10-23-17(26)16-11-24-18(28)25(16)14-6-2-1-3-7-14/h1-9,11H,10,12H2,(H,23,26)(H,24,28). The second kappa shape index (κ2) is 8.30. The highest BCUT2D eigenvalue weighted by Gasteiger charge is 2.28. The van der Waals surface area contributed by atoms with Crippen LogP contribution in [0, 0.1) is 4.77 Å². The van der Waals surface area contributed by atoms with E-state index >= 15 is 0 Å². The number of ether oxygens (including phenoxy) is 1. The van der Waals surface area contributed by atoms with E-state index in [1.807, 2.05) is 30.3 Å². The highest BCUT2D eigenvalue weighted by Crippen LogP contribution is 2.19.